The summed E-state index contributed by atoms with van der Waals surface area (Å²) in [7, 11) is 0. The van der Waals surface area contributed by atoms with Gasteiger partial charge in [-0.3, -0.25) is 0 Å². The highest BCUT2D eigenvalue weighted by Gasteiger charge is 2.04. The number of hydrogen-bond donors (Lipinski definition) is 0. The monoisotopic (exact) mass is 338 g/mol. The van der Waals surface area contributed by atoms with Crippen LogP contribution in [0.2, 0.25) is 0 Å². The molecule has 2 aromatic heterocycles. The van der Waals surface area contributed by atoms with Gasteiger partial charge in [-0.15, -0.1) is 46.2 Å². The maximum atomic E-state index is 2.28. The van der Waals surface area contributed by atoms with Crippen LogP contribution >= 0.6 is 46.2 Å². The zero-order valence-corrected chi connectivity index (χ0v) is 14.9. The average molecular weight is 339 g/mol. The molecule has 0 nitrogen and oxygen atoms in total. The average Bonchev–Trinajstić information content (AvgIpc) is 3.14. The van der Waals surface area contributed by atoms with E-state index < -0.39 is 0 Å². The van der Waals surface area contributed by atoms with Gasteiger partial charge in [0.2, 0.25) is 0 Å². The van der Waals surface area contributed by atoms with Crippen LogP contribution in [0.25, 0.3) is 9.81 Å². The molecule has 0 saturated heterocycles. The summed E-state index contributed by atoms with van der Waals surface area (Å²) in [5.41, 5.74) is 0. The first-order valence-electron chi connectivity index (χ1n) is 6.60. The van der Waals surface area contributed by atoms with Crippen LogP contribution in [0.4, 0.5) is 0 Å². The van der Waals surface area contributed by atoms with Crippen LogP contribution < -0.4 is 0 Å². The van der Waals surface area contributed by atoms with Crippen molar-refractivity contribution in [1.82, 2.24) is 0 Å². The molecule has 0 aliphatic carbocycles. The van der Waals surface area contributed by atoms with E-state index in [9.17, 15) is 0 Å². The molecule has 0 bridgehead atoms. The van der Waals surface area contributed by atoms with E-state index in [-0.39, 0.29) is 0 Å². The van der Waals surface area contributed by atoms with E-state index in [1.807, 2.05) is 46.2 Å². The van der Waals surface area contributed by atoms with Gasteiger partial charge in [0.05, 0.1) is 0 Å². The Morgan fingerprint density at radius 2 is 1.35 bits per heavy atom. The van der Waals surface area contributed by atoms with Gasteiger partial charge in [0.15, 0.2) is 0 Å². The van der Waals surface area contributed by atoms with E-state index in [1.165, 1.54) is 19.6 Å². The molecule has 0 saturated carbocycles. The minimum absolute atomic E-state index is 1.10. The third-order valence-corrected chi connectivity index (χ3v) is 6.49. The van der Waals surface area contributed by atoms with E-state index in [4.69, 9.17) is 0 Å². The van der Waals surface area contributed by atoms with E-state index in [0.717, 1.165) is 11.5 Å². The van der Waals surface area contributed by atoms with Crippen molar-refractivity contribution in [1.29, 1.82) is 0 Å². The minimum atomic E-state index is 1.10. The molecule has 20 heavy (non-hydrogen) atoms. The molecule has 0 spiro atoms. The smallest absolute Gasteiger partial charge is 0.0406 e. The quantitative estimate of drug-likeness (QED) is 0.515. The Kier molecular flexibility index (Phi) is 7.00. The van der Waals surface area contributed by atoms with Crippen molar-refractivity contribution in [2.75, 3.05) is 11.5 Å². The summed E-state index contributed by atoms with van der Waals surface area (Å²) in [6.07, 6.45) is 4.55. The molecule has 0 unspecified atom stereocenters. The van der Waals surface area contributed by atoms with Crippen molar-refractivity contribution in [3.8, 4) is 0 Å². The van der Waals surface area contributed by atoms with Gasteiger partial charge in [-0.2, -0.15) is 0 Å². The van der Waals surface area contributed by atoms with Crippen molar-refractivity contribution in [3.63, 3.8) is 0 Å². The molecular weight excluding hydrogens is 320 g/mol. The lowest BCUT2D eigenvalue weighted by molar-refractivity contribution is 1.54. The molecule has 0 aromatic carbocycles. The molecule has 0 fully saturated rings. The van der Waals surface area contributed by atoms with Gasteiger partial charge in [-0.05, 0) is 46.6 Å². The maximum absolute atomic E-state index is 2.28. The van der Waals surface area contributed by atoms with Crippen LogP contribution in [-0.4, -0.2) is 11.5 Å². The van der Waals surface area contributed by atoms with Crippen molar-refractivity contribution < 1.29 is 0 Å². The summed E-state index contributed by atoms with van der Waals surface area (Å²) in [6.45, 7) is 4.41. The number of hydrogen-bond acceptors (Lipinski definition) is 4. The van der Waals surface area contributed by atoms with Crippen molar-refractivity contribution in [2.45, 2.75) is 13.8 Å². The van der Waals surface area contributed by atoms with Gasteiger partial charge in [-0.25, -0.2) is 0 Å². The number of allylic oxidation sites excluding steroid dienone is 2. The molecule has 0 amide bonds. The SMILES string of the molecule is CCS/C(=C\C=C(/SCC)c1cccs1)c1cccs1. The summed E-state index contributed by atoms with van der Waals surface area (Å²) in [4.78, 5) is 5.46. The van der Waals surface area contributed by atoms with Gasteiger partial charge in [-0.1, -0.05) is 26.0 Å². The third-order valence-electron chi connectivity index (χ3n) is 2.51. The lowest BCUT2D eigenvalue weighted by atomic mass is 10.3. The van der Waals surface area contributed by atoms with E-state index in [1.54, 1.807) is 0 Å². The van der Waals surface area contributed by atoms with Gasteiger partial charge in [0, 0.05) is 19.6 Å². The lowest BCUT2D eigenvalue weighted by Gasteiger charge is -2.04. The first-order valence-corrected chi connectivity index (χ1v) is 10.3. The Hall–Kier alpha value is -0.420. The highest BCUT2D eigenvalue weighted by atomic mass is 32.2. The van der Waals surface area contributed by atoms with Gasteiger partial charge in [0.25, 0.3) is 0 Å². The summed E-state index contributed by atoms with van der Waals surface area (Å²) in [5.74, 6) is 2.21. The maximum Gasteiger partial charge on any atom is 0.0406 e. The van der Waals surface area contributed by atoms with E-state index in [0.29, 0.717) is 0 Å². The topological polar surface area (TPSA) is 0 Å². The number of rotatable bonds is 7. The largest absolute Gasteiger partial charge is 0.143 e. The van der Waals surface area contributed by atoms with Gasteiger partial charge >= 0.3 is 0 Å². The molecule has 4 heteroatoms. The van der Waals surface area contributed by atoms with Gasteiger partial charge < -0.3 is 0 Å². The normalized spacial score (nSPS) is 12.9. The summed E-state index contributed by atoms with van der Waals surface area (Å²) in [6, 6.07) is 8.64. The number of thioether (sulfide) groups is 2. The van der Waals surface area contributed by atoms with Gasteiger partial charge in [0.1, 0.15) is 0 Å². The fourth-order valence-corrected chi connectivity index (χ4v) is 5.01. The minimum Gasteiger partial charge on any atom is -0.143 e. The van der Waals surface area contributed by atoms with Crippen LogP contribution in [-0.2, 0) is 0 Å². The standard InChI is InChI=1S/C16H18S4/c1-3-17-15(13-7-5-11-19-13)9-10-16(18-4-2)14-8-6-12-20-14/h5-12H,3-4H2,1-2H3/b15-9-,16-10-. The van der Waals surface area contributed by atoms with Crippen LogP contribution in [0.5, 0.6) is 0 Å². The van der Waals surface area contributed by atoms with Crippen LogP contribution in [0.15, 0.2) is 47.2 Å². The van der Waals surface area contributed by atoms with Crippen molar-refractivity contribution in [2.24, 2.45) is 0 Å². The van der Waals surface area contributed by atoms with E-state index in [2.05, 4.69) is 61.0 Å². The second-order valence-corrected chi connectivity index (χ2v) is 8.39. The Bertz CT molecular complexity index is 495. The van der Waals surface area contributed by atoms with Crippen molar-refractivity contribution >= 4 is 56.0 Å². The molecular formula is C16H18S4. The van der Waals surface area contributed by atoms with Crippen LogP contribution in [0.1, 0.15) is 23.6 Å². The Balaban J connectivity index is 2.26. The first kappa shape index (κ1) is 16.0. The summed E-state index contributed by atoms with van der Waals surface area (Å²) >= 11 is 7.45. The number of thiophene rings is 2. The van der Waals surface area contributed by atoms with E-state index >= 15 is 0 Å². The third kappa shape index (κ3) is 4.55. The highest BCUT2D eigenvalue weighted by molar-refractivity contribution is 8.08. The summed E-state index contributed by atoms with van der Waals surface area (Å²) in [5, 5.41) is 4.29. The predicted octanol–water partition coefficient (Wildman–Crippen LogP) is 6.70. The van der Waals surface area contributed by atoms with Crippen LogP contribution in [0, 0.1) is 0 Å². The molecule has 106 valence electrons. The molecule has 2 heterocycles. The highest BCUT2D eigenvalue weighted by Crippen LogP contribution is 2.34. The molecule has 2 aromatic rings. The second kappa shape index (κ2) is 8.78. The molecule has 0 N–H and O–H groups in total. The van der Waals surface area contributed by atoms with Crippen molar-refractivity contribution in [3.05, 3.63) is 56.9 Å². The molecule has 0 aliphatic rings. The summed E-state index contributed by atoms with van der Waals surface area (Å²) < 4.78 is 0. The first-order chi connectivity index (χ1) is 9.85. The lowest BCUT2D eigenvalue weighted by Crippen LogP contribution is -1.78. The zero-order valence-electron chi connectivity index (χ0n) is 11.7. The molecule has 0 aliphatic heterocycles. The Morgan fingerprint density at radius 1 is 0.900 bits per heavy atom. The zero-order chi connectivity index (χ0) is 14.2. The molecule has 0 atom stereocenters. The second-order valence-electron chi connectivity index (χ2n) is 3.88. The molecule has 2 rings (SSSR count). The molecule has 0 radical (unpaired) electrons. The Labute approximate surface area is 138 Å². The fourth-order valence-electron chi connectivity index (χ4n) is 1.70. The van der Waals surface area contributed by atoms with Crippen LogP contribution in [0.3, 0.4) is 0 Å². The Morgan fingerprint density at radius 3 is 1.65 bits per heavy atom. The predicted molar refractivity (Wildman–Crippen MR) is 101 cm³/mol. The fraction of sp³-hybridized carbons (Fsp3) is 0.250.